The number of hydrogen-bond acceptors (Lipinski definition) is 3. The maximum absolute atomic E-state index is 13.5. The van der Waals surface area contributed by atoms with Gasteiger partial charge in [-0.05, 0) is 38.1 Å². The van der Waals surface area contributed by atoms with Gasteiger partial charge in [0.1, 0.15) is 11.6 Å². The zero-order valence-electron chi connectivity index (χ0n) is 12.2. The third-order valence-corrected chi connectivity index (χ3v) is 3.75. The number of piperidine rings is 1. The molecule has 1 aromatic rings. The minimum Gasteiger partial charge on any atom is -0.322 e. The van der Waals surface area contributed by atoms with E-state index >= 15 is 0 Å². The van der Waals surface area contributed by atoms with Crippen LogP contribution in [0.4, 0.5) is 14.5 Å². The van der Waals surface area contributed by atoms with Gasteiger partial charge in [0.05, 0.1) is 12.2 Å². The molecule has 0 aromatic heterocycles. The van der Waals surface area contributed by atoms with E-state index in [4.69, 9.17) is 0 Å². The molecule has 1 fully saturated rings. The number of benzene rings is 1. The van der Waals surface area contributed by atoms with Crippen LogP contribution in [0.25, 0.3) is 0 Å². The average Bonchev–Trinajstić information content (AvgIpc) is 2.48. The molecule has 1 heterocycles. The van der Waals surface area contributed by atoms with Crippen LogP contribution in [0.1, 0.15) is 19.8 Å². The van der Waals surface area contributed by atoms with Crippen LogP contribution in [0.2, 0.25) is 0 Å². The highest BCUT2D eigenvalue weighted by Crippen LogP contribution is 2.15. The lowest BCUT2D eigenvalue weighted by Crippen LogP contribution is -2.48. The number of halogens is 2. The molecule has 21 heavy (non-hydrogen) atoms. The number of likely N-dealkylation sites (N-methyl/N-ethyl adjacent to an activating group) is 1. The molecule has 1 aliphatic rings. The van der Waals surface area contributed by atoms with Crippen molar-refractivity contribution in [2.24, 2.45) is 0 Å². The predicted octanol–water partition coefficient (Wildman–Crippen LogP) is 1.98. The molecule has 1 atom stereocenters. The number of hydrogen-bond donors (Lipinski definition) is 2. The van der Waals surface area contributed by atoms with Crippen molar-refractivity contribution in [2.75, 3.05) is 31.5 Å². The Hall–Kier alpha value is -1.53. The summed E-state index contributed by atoms with van der Waals surface area (Å²) in [6.07, 6.45) is 2.15. The average molecular weight is 297 g/mol. The van der Waals surface area contributed by atoms with E-state index in [1.807, 2.05) is 6.92 Å². The van der Waals surface area contributed by atoms with Crippen LogP contribution in [0, 0.1) is 11.6 Å². The molecule has 2 N–H and O–H groups in total. The Bertz CT molecular complexity index is 490. The van der Waals surface area contributed by atoms with Crippen LogP contribution in [0.5, 0.6) is 0 Å². The fourth-order valence-corrected chi connectivity index (χ4v) is 2.61. The number of carbonyl (C=O) groups is 1. The number of anilines is 1. The highest BCUT2D eigenvalue weighted by molar-refractivity contribution is 5.92. The first-order valence-electron chi connectivity index (χ1n) is 7.30. The molecule has 1 unspecified atom stereocenters. The van der Waals surface area contributed by atoms with E-state index in [0.717, 1.165) is 44.6 Å². The van der Waals surface area contributed by atoms with Crippen molar-refractivity contribution in [3.63, 3.8) is 0 Å². The summed E-state index contributed by atoms with van der Waals surface area (Å²) in [7, 11) is 0. The summed E-state index contributed by atoms with van der Waals surface area (Å²) in [5.74, 6) is -1.70. The minimum atomic E-state index is -0.759. The first-order chi connectivity index (χ1) is 10.1. The molecular weight excluding hydrogens is 276 g/mol. The highest BCUT2D eigenvalue weighted by atomic mass is 19.1. The van der Waals surface area contributed by atoms with Gasteiger partial charge in [-0.25, -0.2) is 8.78 Å². The van der Waals surface area contributed by atoms with E-state index in [-0.39, 0.29) is 18.1 Å². The van der Waals surface area contributed by atoms with Crippen LogP contribution in [0.15, 0.2) is 18.2 Å². The third kappa shape index (κ3) is 4.47. The van der Waals surface area contributed by atoms with E-state index in [0.29, 0.717) is 6.04 Å². The topological polar surface area (TPSA) is 44.4 Å². The molecule has 0 bridgehead atoms. The van der Waals surface area contributed by atoms with Crippen LogP contribution in [-0.4, -0.2) is 43.0 Å². The van der Waals surface area contributed by atoms with Crippen molar-refractivity contribution in [3.8, 4) is 0 Å². The first-order valence-corrected chi connectivity index (χ1v) is 7.30. The van der Waals surface area contributed by atoms with E-state index in [1.54, 1.807) is 0 Å². The lowest BCUT2D eigenvalue weighted by molar-refractivity contribution is -0.117. The smallest absolute Gasteiger partial charge is 0.238 e. The Kier molecular flexibility index (Phi) is 5.64. The lowest BCUT2D eigenvalue weighted by Gasteiger charge is -2.33. The lowest BCUT2D eigenvalue weighted by atomic mass is 10.1. The van der Waals surface area contributed by atoms with Gasteiger partial charge in [-0.1, -0.05) is 6.92 Å². The molecule has 1 amide bonds. The molecule has 1 saturated heterocycles. The molecule has 0 saturated carbocycles. The fraction of sp³-hybridized carbons (Fsp3) is 0.533. The molecular formula is C15H21F2N3O. The summed E-state index contributed by atoms with van der Waals surface area (Å²) in [5.41, 5.74) is 0.0132. The Morgan fingerprint density at radius 1 is 1.48 bits per heavy atom. The predicted molar refractivity (Wildman–Crippen MR) is 78.1 cm³/mol. The number of nitrogens with one attached hydrogen (secondary N) is 2. The summed E-state index contributed by atoms with van der Waals surface area (Å²) < 4.78 is 26.3. The van der Waals surface area contributed by atoms with E-state index in [1.165, 1.54) is 6.07 Å². The number of carbonyl (C=O) groups excluding carboxylic acids is 1. The van der Waals surface area contributed by atoms with Gasteiger partial charge in [-0.15, -0.1) is 0 Å². The monoisotopic (exact) mass is 297 g/mol. The molecule has 1 aromatic carbocycles. The quantitative estimate of drug-likeness (QED) is 0.873. The minimum absolute atomic E-state index is 0.0132. The summed E-state index contributed by atoms with van der Waals surface area (Å²) >= 11 is 0. The van der Waals surface area contributed by atoms with Crippen LogP contribution < -0.4 is 10.6 Å². The van der Waals surface area contributed by atoms with Crippen molar-refractivity contribution in [1.82, 2.24) is 10.2 Å². The van der Waals surface area contributed by atoms with Gasteiger partial charge < -0.3 is 10.6 Å². The summed E-state index contributed by atoms with van der Waals surface area (Å²) in [5, 5.41) is 5.81. The summed E-state index contributed by atoms with van der Waals surface area (Å²) in [6.45, 7) is 4.85. The van der Waals surface area contributed by atoms with E-state index in [9.17, 15) is 13.6 Å². The van der Waals surface area contributed by atoms with Gasteiger partial charge >= 0.3 is 0 Å². The van der Waals surface area contributed by atoms with Gasteiger partial charge in [-0.2, -0.15) is 0 Å². The second-order valence-electron chi connectivity index (χ2n) is 5.24. The fourth-order valence-electron chi connectivity index (χ4n) is 2.61. The van der Waals surface area contributed by atoms with Crippen LogP contribution in [-0.2, 0) is 4.79 Å². The maximum Gasteiger partial charge on any atom is 0.238 e. The highest BCUT2D eigenvalue weighted by Gasteiger charge is 2.21. The first kappa shape index (κ1) is 15.9. The molecule has 116 valence electrons. The van der Waals surface area contributed by atoms with Gasteiger partial charge in [0.15, 0.2) is 0 Å². The Balaban J connectivity index is 1.92. The second-order valence-corrected chi connectivity index (χ2v) is 5.24. The maximum atomic E-state index is 13.5. The van der Waals surface area contributed by atoms with Gasteiger partial charge in [0, 0.05) is 18.7 Å². The zero-order chi connectivity index (χ0) is 15.2. The zero-order valence-corrected chi connectivity index (χ0v) is 12.2. The Morgan fingerprint density at radius 3 is 2.90 bits per heavy atom. The third-order valence-electron chi connectivity index (χ3n) is 3.75. The van der Waals surface area contributed by atoms with Crippen molar-refractivity contribution in [1.29, 1.82) is 0 Å². The summed E-state index contributed by atoms with van der Waals surface area (Å²) in [4.78, 5) is 14.1. The van der Waals surface area contributed by atoms with Crippen LogP contribution in [0.3, 0.4) is 0 Å². The molecule has 0 spiro atoms. The van der Waals surface area contributed by atoms with Gasteiger partial charge in [0.2, 0.25) is 5.91 Å². The van der Waals surface area contributed by atoms with Crippen molar-refractivity contribution < 1.29 is 13.6 Å². The Morgan fingerprint density at radius 2 is 2.29 bits per heavy atom. The standard InChI is InChI=1S/C15H21F2N3O/c1-2-20(12-4-3-7-18-9-12)10-15(21)19-14-6-5-11(16)8-13(14)17/h5-6,8,12,18H,2-4,7,9-10H2,1H3,(H,19,21). The van der Waals surface area contributed by atoms with Gasteiger partial charge in [0.25, 0.3) is 0 Å². The largest absolute Gasteiger partial charge is 0.322 e. The number of amides is 1. The van der Waals surface area contributed by atoms with Crippen molar-refractivity contribution in [3.05, 3.63) is 29.8 Å². The molecule has 0 radical (unpaired) electrons. The van der Waals surface area contributed by atoms with E-state index in [2.05, 4.69) is 15.5 Å². The Labute approximate surface area is 123 Å². The molecule has 2 rings (SSSR count). The van der Waals surface area contributed by atoms with E-state index < -0.39 is 11.6 Å². The number of nitrogens with zero attached hydrogens (tertiary/aromatic N) is 1. The van der Waals surface area contributed by atoms with Crippen LogP contribution >= 0.6 is 0 Å². The molecule has 4 nitrogen and oxygen atoms in total. The SMILES string of the molecule is CCN(CC(=O)Nc1ccc(F)cc1F)C1CCCNC1. The number of rotatable bonds is 5. The molecule has 1 aliphatic heterocycles. The second kappa shape index (κ2) is 7.47. The molecule has 0 aliphatic carbocycles. The normalized spacial score (nSPS) is 18.8. The van der Waals surface area contributed by atoms with Crippen molar-refractivity contribution >= 4 is 11.6 Å². The molecule has 6 heteroatoms. The summed E-state index contributed by atoms with van der Waals surface area (Å²) in [6, 6.07) is 3.45. The van der Waals surface area contributed by atoms with Crippen molar-refractivity contribution in [2.45, 2.75) is 25.8 Å². The van der Waals surface area contributed by atoms with Gasteiger partial charge in [-0.3, -0.25) is 9.69 Å².